The van der Waals surface area contributed by atoms with Gasteiger partial charge in [-0.2, -0.15) is 0 Å². The number of benzene rings is 2. The van der Waals surface area contributed by atoms with Crippen molar-refractivity contribution in [3.05, 3.63) is 113 Å². The molecule has 5 nitrogen and oxygen atoms in total. The van der Waals surface area contributed by atoms with Crippen molar-refractivity contribution >= 4 is 5.91 Å². The predicted molar refractivity (Wildman–Crippen MR) is 113 cm³/mol. The highest BCUT2D eigenvalue weighted by atomic mass is 16.2. The summed E-state index contributed by atoms with van der Waals surface area (Å²) >= 11 is 0. The summed E-state index contributed by atoms with van der Waals surface area (Å²) < 4.78 is 0. The summed E-state index contributed by atoms with van der Waals surface area (Å²) in [5.41, 5.74) is 4.31. The van der Waals surface area contributed by atoms with Gasteiger partial charge in [0.1, 0.15) is 5.56 Å². The Morgan fingerprint density at radius 3 is 2.24 bits per heavy atom. The minimum absolute atomic E-state index is 0.0820. The van der Waals surface area contributed by atoms with Gasteiger partial charge < -0.3 is 10.3 Å². The lowest BCUT2D eigenvalue weighted by Crippen LogP contribution is -2.29. The highest BCUT2D eigenvalue weighted by Gasteiger charge is 2.11. The summed E-state index contributed by atoms with van der Waals surface area (Å²) in [5.74, 6) is -0.416. The first-order chi connectivity index (χ1) is 14.2. The van der Waals surface area contributed by atoms with Crippen molar-refractivity contribution in [1.82, 2.24) is 15.3 Å². The van der Waals surface area contributed by atoms with Gasteiger partial charge in [0, 0.05) is 24.6 Å². The maximum absolute atomic E-state index is 12.4. The Balaban J connectivity index is 1.49. The van der Waals surface area contributed by atoms with E-state index in [0.717, 1.165) is 22.3 Å². The Bertz CT molecular complexity index is 1170. The molecule has 142 valence electrons. The number of carbonyl (C=O) groups excluding carboxylic acids is 1. The molecule has 0 spiro atoms. The molecule has 0 saturated carbocycles. The van der Waals surface area contributed by atoms with Crippen LogP contribution in [0.4, 0.5) is 0 Å². The number of carbonyl (C=O) groups is 1. The number of rotatable bonds is 5. The minimum atomic E-state index is -0.418. The first kappa shape index (κ1) is 18.4. The van der Waals surface area contributed by atoms with Crippen LogP contribution in [0.25, 0.3) is 22.4 Å². The quantitative estimate of drug-likeness (QED) is 0.548. The molecule has 2 N–H and O–H groups in total. The van der Waals surface area contributed by atoms with Crippen molar-refractivity contribution in [3.63, 3.8) is 0 Å². The molecule has 2 heterocycles. The zero-order valence-corrected chi connectivity index (χ0v) is 15.6. The molecular weight excluding hydrogens is 362 g/mol. The number of hydrogen-bond donors (Lipinski definition) is 2. The van der Waals surface area contributed by atoms with Crippen LogP contribution in [0.3, 0.4) is 0 Å². The van der Waals surface area contributed by atoms with Crippen molar-refractivity contribution < 1.29 is 4.79 Å². The maximum atomic E-state index is 12.4. The van der Waals surface area contributed by atoms with E-state index in [2.05, 4.69) is 27.4 Å². The van der Waals surface area contributed by atoms with Crippen molar-refractivity contribution in [2.24, 2.45) is 0 Å². The number of aromatic nitrogens is 2. The predicted octanol–water partition coefficient (Wildman–Crippen LogP) is 4.03. The molecule has 0 aliphatic rings. The number of nitrogens with zero attached hydrogens (tertiary/aromatic N) is 1. The Morgan fingerprint density at radius 1 is 0.828 bits per heavy atom. The van der Waals surface area contributed by atoms with E-state index in [4.69, 9.17) is 0 Å². The summed E-state index contributed by atoms with van der Waals surface area (Å²) in [6, 6.07) is 25.0. The third-order valence-corrected chi connectivity index (χ3v) is 4.63. The molecule has 0 radical (unpaired) electrons. The molecule has 2 aromatic carbocycles. The highest BCUT2D eigenvalue weighted by Crippen LogP contribution is 2.23. The molecule has 29 heavy (non-hydrogen) atoms. The second-order valence-corrected chi connectivity index (χ2v) is 6.60. The van der Waals surface area contributed by atoms with Gasteiger partial charge in [0.2, 0.25) is 0 Å². The molecule has 0 fully saturated rings. The second-order valence-electron chi connectivity index (χ2n) is 6.60. The van der Waals surface area contributed by atoms with Gasteiger partial charge in [0.15, 0.2) is 0 Å². The largest absolute Gasteiger partial charge is 0.348 e. The highest BCUT2D eigenvalue weighted by molar-refractivity contribution is 5.94. The monoisotopic (exact) mass is 381 g/mol. The summed E-state index contributed by atoms with van der Waals surface area (Å²) in [6.45, 7) is 0.314. The number of pyridine rings is 2. The average molecular weight is 381 g/mol. The van der Waals surface area contributed by atoms with Crippen LogP contribution < -0.4 is 10.9 Å². The number of amides is 1. The third-order valence-electron chi connectivity index (χ3n) is 4.63. The summed E-state index contributed by atoms with van der Waals surface area (Å²) in [5, 5.41) is 2.74. The number of nitrogens with one attached hydrogen (secondary N) is 2. The van der Waals surface area contributed by atoms with E-state index in [9.17, 15) is 9.59 Å². The molecule has 1 amide bonds. The molecular formula is C24H19N3O2. The third kappa shape index (κ3) is 4.30. The molecule has 4 aromatic rings. The van der Waals surface area contributed by atoms with Gasteiger partial charge in [-0.1, -0.05) is 60.7 Å². The van der Waals surface area contributed by atoms with Crippen LogP contribution >= 0.6 is 0 Å². The number of hydrogen-bond acceptors (Lipinski definition) is 3. The lowest BCUT2D eigenvalue weighted by Gasteiger charge is -2.07. The first-order valence-electron chi connectivity index (χ1n) is 9.27. The van der Waals surface area contributed by atoms with Crippen molar-refractivity contribution in [3.8, 4) is 22.4 Å². The van der Waals surface area contributed by atoms with Crippen LogP contribution in [0.15, 0.2) is 96.1 Å². The average Bonchev–Trinajstić information content (AvgIpc) is 2.79. The molecule has 0 saturated heterocycles. The topological polar surface area (TPSA) is 74.8 Å². The van der Waals surface area contributed by atoms with Crippen LogP contribution in [0.2, 0.25) is 0 Å². The molecule has 0 unspecified atom stereocenters. The van der Waals surface area contributed by atoms with E-state index in [1.807, 2.05) is 48.5 Å². The normalized spacial score (nSPS) is 10.5. The summed E-state index contributed by atoms with van der Waals surface area (Å²) in [6.07, 6.45) is 3.34. The van der Waals surface area contributed by atoms with Crippen LogP contribution in [-0.4, -0.2) is 15.9 Å². The molecule has 0 aliphatic heterocycles. The van der Waals surface area contributed by atoms with E-state index >= 15 is 0 Å². The fourth-order valence-corrected chi connectivity index (χ4v) is 3.07. The van der Waals surface area contributed by atoms with E-state index in [-0.39, 0.29) is 5.56 Å². The molecule has 4 rings (SSSR count). The molecule has 0 aliphatic carbocycles. The fraction of sp³-hybridized carbons (Fsp3) is 0.0417. The maximum Gasteiger partial charge on any atom is 0.261 e. The first-order valence-corrected chi connectivity index (χ1v) is 9.27. The van der Waals surface area contributed by atoms with E-state index in [1.54, 1.807) is 30.6 Å². The van der Waals surface area contributed by atoms with Crippen molar-refractivity contribution in [2.75, 3.05) is 0 Å². The zero-order valence-electron chi connectivity index (χ0n) is 15.6. The van der Waals surface area contributed by atoms with Gasteiger partial charge in [-0.05, 0) is 40.5 Å². The zero-order chi connectivity index (χ0) is 20.1. The van der Waals surface area contributed by atoms with Gasteiger partial charge in [-0.3, -0.25) is 14.6 Å². The van der Waals surface area contributed by atoms with Crippen LogP contribution in [0, 0.1) is 0 Å². The lowest BCUT2D eigenvalue weighted by atomic mass is 10.0. The van der Waals surface area contributed by atoms with E-state index in [0.29, 0.717) is 12.2 Å². The number of aromatic amines is 1. The minimum Gasteiger partial charge on any atom is -0.348 e. The van der Waals surface area contributed by atoms with Crippen LogP contribution in [0.5, 0.6) is 0 Å². The number of H-pyrrole nitrogens is 1. The molecule has 0 atom stereocenters. The Kier molecular flexibility index (Phi) is 5.29. The molecule has 0 bridgehead atoms. The van der Waals surface area contributed by atoms with Crippen LogP contribution in [-0.2, 0) is 6.54 Å². The Labute approximate surface area is 168 Å². The van der Waals surface area contributed by atoms with E-state index < -0.39 is 11.5 Å². The fourth-order valence-electron chi connectivity index (χ4n) is 3.07. The SMILES string of the molecule is O=C(NCc1cccnc1)c1ccc(-c2ccc(-c3ccccc3)cc2)[nH]c1=O. The van der Waals surface area contributed by atoms with Gasteiger partial charge in [0.05, 0.1) is 0 Å². The van der Waals surface area contributed by atoms with Gasteiger partial charge >= 0.3 is 0 Å². The Hall–Kier alpha value is -3.99. The van der Waals surface area contributed by atoms with E-state index in [1.165, 1.54) is 0 Å². The van der Waals surface area contributed by atoms with Gasteiger partial charge in [0.25, 0.3) is 11.5 Å². The molecule has 5 heteroatoms. The smallest absolute Gasteiger partial charge is 0.261 e. The lowest BCUT2D eigenvalue weighted by molar-refractivity contribution is 0.0949. The Morgan fingerprint density at radius 2 is 1.55 bits per heavy atom. The summed E-state index contributed by atoms with van der Waals surface area (Å²) in [7, 11) is 0. The van der Waals surface area contributed by atoms with Crippen molar-refractivity contribution in [1.29, 1.82) is 0 Å². The second kappa shape index (κ2) is 8.35. The molecule has 2 aromatic heterocycles. The summed E-state index contributed by atoms with van der Waals surface area (Å²) in [4.78, 5) is 31.6. The van der Waals surface area contributed by atoms with Gasteiger partial charge in [-0.25, -0.2) is 0 Å². The van der Waals surface area contributed by atoms with Crippen LogP contribution in [0.1, 0.15) is 15.9 Å². The standard InChI is InChI=1S/C24H19N3O2/c28-23(26-16-17-5-4-14-25-15-17)21-12-13-22(27-24(21)29)20-10-8-19(9-11-20)18-6-2-1-3-7-18/h1-15H,16H2,(H,26,28)(H,27,29). The van der Waals surface area contributed by atoms with Gasteiger partial charge in [-0.15, -0.1) is 0 Å². The van der Waals surface area contributed by atoms with Crippen molar-refractivity contribution in [2.45, 2.75) is 6.54 Å².